The number of nitro groups is 1. The van der Waals surface area contributed by atoms with Gasteiger partial charge in [-0.15, -0.1) is 0 Å². The fourth-order valence-corrected chi connectivity index (χ4v) is 2.34. The summed E-state index contributed by atoms with van der Waals surface area (Å²) in [4.78, 5) is 22.8. The Kier molecular flexibility index (Phi) is 5.78. The molecule has 0 atom stereocenters. The Morgan fingerprint density at radius 1 is 1.42 bits per heavy atom. The number of hydrogen-bond donors (Lipinski definition) is 2. The van der Waals surface area contributed by atoms with Gasteiger partial charge in [-0.2, -0.15) is 5.26 Å². The average molecular weight is 374 g/mol. The molecule has 0 aliphatic heterocycles. The first-order chi connectivity index (χ1) is 12.4. The number of methoxy groups -OCH3 is 1. The predicted octanol–water partition coefficient (Wildman–Crippen LogP) is 3.51. The molecule has 2 aromatic carbocycles. The van der Waals surface area contributed by atoms with Gasteiger partial charge in [-0.25, -0.2) is 0 Å². The van der Waals surface area contributed by atoms with E-state index in [1.54, 1.807) is 24.3 Å². The minimum atomic E-state index is -0.770. The number of carbonyl (C=O) groups is 1. The first-order valence-electron chi connectivity index (χ1n) is 7.10. The number of phenols is 1. The van der Waals surface area contributed by atoms with E-state index in [2.05, 4.69) is 5.32 Å². The number of nitrogens with one attached hydrogen (secondary N) is 1. The number of ether oxygens (including phenoxy) is 1. The number of nitro benzene ring substituents is 1. The van der Waals surface area contributed by atoms with Crippen LogP contribution in [0, 0.1) is 21.4 Å². The van der Waals surface area contributed by atoms with Gasteiger partial charge in [0.05, 0.1) is 17.6 Å². The molecule has 0 aliphatic rings. The molecule has 0 bridgehead atoms. The minimum Gasteiger partial charge on any atom is -0.504 e. The molecule has 0 aromatic heterocycles. The molecule has 26 heavy (non-hydrogen) atoms. The van der Waals surface area contributed by atoms with Crippen molar-refractivity contribution in [3.63, 3.8) is 0 Å². The second-order valence-electron chi connectivity index (χ2n) is 4.95. The van der Waals surface area contributed by atoms with Crippen molar-refractivity contribution in [2.24, 2.45) is 0 Å². The van der Waals surface area contributed by atoms with Crippen LogP contribution >= 0.6 is 11.6 Å². The molecule has 2 aromatic rings. The second kappa shape index (κ2) is 8.00. The number of nitriles is 1. The standard InChI is InChI=1S/C17H12ClN3O5/c1-26-16-14(22)6-5-10(15(16)21(24)25)7-11(9-19)17(23)20-13-4-2-3-12(18)8-13/h2-8,22H,1H3,(H,20,23)/b11-7+. The van der Waals surface area contributed by atoms with Crippen molar-refractivity contribution in [1.29, 1.82) is 5.26 Å². The third-order valence-corrected chi connectivity index (χ3v) is 3.51. The largest absolute Gasteiger partial charge is 0.504 e. The maximum atomic E-state index is 12.3. The number of phenolic OH excluding ortho intramolecular Hbond substituents is 1. The van der Waals surface area contributed by atoms with Crippen molar-refractivity contribution in [3.05, 3.63) is 62.7 Å². The molecule has 0 fully saturated rings. The predicted molar refractivity (Wildman–Crippen MR) is 95.0 cm³/mol. The van der Waals surface area contributed by atoms with Gasteiger partial charge >= 0.3 is 5.69 Å². The third kappa shape index (κ3) is 4.09. The Bertz CT molecular complexity index is 950. The van der Waals surface area contributed by atoms with Crippen LogP contribution in [0.3, 0.4) is 0 Å². The highest BCUT2D eigenvalue weighted by Gasteiger charge is 2.24. The molecule has 9 heteroatoms. The Balaban J connectivity index is 2.44. The molecule has 2 N–H and O–H groups in total. The molecule has 0 spiro atoms. The molecule has 0 aliphatic carbocycles. The van der Waals surface area contributed by atoms with Crippen LogP contribution in [0.25, 0.3) is 6.08 Å². The lowest BCUT2D eigenvalue weighted by molar-refractivity contribution is -0.386. The van der Waals surface area contributed by atoms with Crippen LogP contribution in [0.4, 0.5) is 11.4 Å². The van der Waals surface area contributed by atoms with E-state index in [-0.39, 0.29) is 16.9 Å². The molecular formula is C17H12ClN3O5. The van der Waals surface area contributed by atoms with Gasteiger partial charge < -0.3 is 15.2 Å². The number of rotatable bonds is 5. The van der Waals surface area contributed by atoms with Gasteiger partial charge in [-0.05, 0) is 36.4 Å². The number of halogens is 1. The quantitative estimate of drug-likeness (QED) is 0.357. The van der Waals surface area contributed by atoms with Crippen LogP contribution in [0.2, 0.25) is 5.02 Å². The molecule has 1 amide bonds. The van der Waals surface area contributed by atoms with Crippen LogP contribution in [0.5, 0.6) is 11.5 Å². The maximum absolute atomic E-state index is 12.3. The Hall–Kier alpha value is -3.57. The summed E-state index contributed by atoms with van der Waals surface area (Å²) < 4.78 is 4.84. The van der Waals surface area contributed by atoms with Crippen molar-refractivity contribution < 1.29 is 19.6 Å². The maximum Gasteiger partial charge on any atom is 0.322 e. The number of nitrogens with zero attached hydrogens (tertiary/aromatic N) is 2. The fourth-order valence-electron chi connectivity index (χ4n) is 2.15. The van der Waals surface area contributed by atoms with Crippen molar-refractivity contribution >= 4 is 35.0 Å². The van der Waals surface area contributed by atoms with Gasteiger partial charge in [-0.1, -0.05) is 17.7 Å². The zero-order chi connectivity index (χ0) is 19.3. The molecular weight excluding hydrogens is 362 g/mol. The van der Waals surface area contributed by atoms with Crippen molar-refractivity contribution in [2.75, 3.05) is 12.4 Å². The third-order valence-electron chi connectivity index (χ3n) is 3.28. The molecule has 0 saturated carbocycles. The van der Waals surface area contributed by atoms with Crippen molar-refractivity contribution in [1.82, 2.24) is 0 Å². The number of aromatic hydroxyl groups is 1. The summed E-state index contributed by atoms with van der Waals surface area (Å²) in [6.45, 7) is 0. The minimum absolute atomic E-state index is 0.0672. The molecule has 8 nitrogen and oxygen atoms in total. The first-order valence-corrected chi connectivity index (χ1v) is 7.48. The monoisotopic (exact) mass is 373 g/mol. The van der Waals surface area contributed by atoms with Gasteiger partial charge in [0.1, 0.15) is 11.6 Å². The number of hydrogen-bond acceptors (Lipinski definition) is 6. The summed E-state index contributed by atoms with van der Waals surface area (Å²) in [5.41, 5.74) is -0.638. The van der Waals surface area contributed by atoms with E-state index in [4.69, 9.17) is 16.3 Å². The number of amides is 1. The molecule has 0 saturated heterocycles. The first kappa shape index (κ1) is 18.8. The SMILES string of the molecule is COc1c(O)ccc(/C=C(\C#N)C(=O)Nc2cccc(Cl)c2)c1[N+](=O)[O-]. The van der Waals surface area contributed by atoms with E-state index < -0.39 is 22.3 Å². The zero-order valence-corrected chi connectivity index (χ0v) is 14.1. The molecule has 0 unspecified atom stereocenters. The lowest BCUT2D eigenvalue weighted by atomic mass is 10.1. The van der Waals surface area contributed by atoms with E-state index in [1.807, 2.05) is 0 Å². The van der Waals surface area contributed by atoms with Gasteiger partial charge in [0.25, 0.3) is 5.91 Å². The van der Waals surface area contributed by atoms with Crippen molar-refractivity contribution in [3.8, 4) is 17.6 Å². The summed E-state index contributed by atoms with van der Waals surface area (Å²) in [6.07, 6.45) is 1.04. The van der Waals surface area contributed by atoms with Crippen LogP contribution < -0.4 is 10.1 Å². The van der Waals surface area contributed by atoms with Crippen LogP contribution in [0.1, 0.15) is 5.56 Å². The highest BCUT2D eigenvalue weighted by Crippen LogP contribution is 2.39. The number of carbonyl (C=O) groups excluding carboxylic acids is 1. The Labute approximate surface area is 153 Å². The van der Waals surface area contributed by atoms with Gasteiger partial charge in [0.15, 0.2) is 5.75 Å². The molecule has 0 heterocycles. The summed E-state index contributed by atoms with van der Waals surface area (Å²) in [7, 11) is 1.16. The molecule has 2 rings (SSSR count). The van der Waals surface area contributed by atoms with Crippen LogP contribution in [0.15, 0.2) is 42.0 Å². The summed E-state index contributed by atoms with van der Waals surface area (Å²) in [5, 5.41) is 33.1. The molecule has 0 radical (unpaired) electrons. The Morgan fingerprint density at radius 2 is 2.15 bits per heavy atom. The van der Waals surface area contributed by atoms with Gasteiger partial charge in [0.2, 0.25) is 5.75 Å². The Morgan fingerprint density at radius 3 is 2.73 bits per heavy atom. The summed E-state index contributed by atoms with van der Waals surface area (Å²) >= 11 is 5.83. The number of anilines is 1. The normalized spacial score (nSPS) is 10.7. The van der Waals surface area contributed by atoms with E-state index in [1.165, 1.54) is 18.2 Å². The van der Waals surface area contributed by atoms with Gasteiger partial charge in [-0.3, -0.25) is 14.9 Å². The lowest BCUT2D eigenvalue weighted by Gasteiger charge is -2.07. The topological polar surface area (TPSA) is 125 Å². The summed E-state index contributed by atoms with van der Waals surface area (Å²) in [6, 6.07) is 10.4. The molecule has 132 valence electrons. The second-order valence-corrected chi connectivity index (χ2v) is 5.38. The smallest absolute Gasteiger partial charge is 0.322 e. The van der Waals surface area contributed by atoms with Crippen molar-refractivity contribution in [2.45, 2.75) is 0 Å². The van der Waals surface area contributed by atoms with E-state index >= 15 is 0 Å². The zero-order valence-electron chi connectivity index (χ0n) is 13.4. The van der Waals surface area contributed by atoms with E-state index in [9.17, 15) is 25.3 Å². The highest BCUT2D eigenvalue weighted by atomic mass is 35.5. The average Bonchev–Trinajstić information content (AvgIpc) is 2.59. The van der Waals surface area contributed by atoms with E-state index in [0.29, 0.717) is 10.7 Å². The van der Waals surface area contributed by atoms with E-state index in [0.717, 1.165) is 13.2 Å². The number of benzene rings is 2. The van der Waals surface area contributed by atoms with Crippen LogP contribution in [-0.2, 0) is 4.79 Å². The highest BCUT2D eigenvalue weighted by molar-refractivity contribution is 6.31. The van der Waals surface area contributed by atoms with Crippen LogP contribution in [-0.4, -0.2) is 23.0 Å². The lowest BCUT2D eigenvalue weighted by Crippen LogP contribution is -2.13. The van der Waals surface area contributed by atoms with Gasteiger partial charge in [0, 0.05) is 10.7 Å². The summed E-state index contributed by atoms with van der Waals surface area (Å²) in [5.74, 6) is -1.56. The fraction of sp³-hybridized carbons (Fsp3) is 0.0588.